The monoisotopic (exact) mass is 518 g/mol. The van der Waals surface area contributed by atoms with Crippen LogP contribution in [0.5, 0.6) is 5.75 Å². The van der Waals surface area contributed by atoms with E-state index in [2.05, 4.69) is 35.6 Å². The van der Waals surface area contributed by atoms with Crippen LogP contribution in [0.25, 0.3) is 11.1 Å². The molecule has 0 saturated heterocycles. The maximum Gasteiger partial charge on any atom is 0.252 e. The smallest absolute Gasteiger partial charge is 0.252 e. The Morgan fingerprint density at radius 1 is 0.846 bits per heavy atom. The highest BCUT2D eigenvalue weighted by Crippen LogP contribution is 2.44. The van der Waals surface area contributed by atoms with Crippen molar-refractivity contribution in [3.05, 3.63) is 125 Å². The van der Waals surface area contributed by atoms with E-state index in [0.29, 0.717) is 37.6 Å². The number of carbonyl (C=O) groups is 1. The average Bonchev–Trinajstić information content (AvgIpc) is 3.31. The average molecular weight is 519 g/mol. The molecular weight excluding hydrogens is 488 g/mol. The molecule has 2 aliphatic rings. The van der Waals surface area contributed by atoms with Crippen LogP contribution in [0.2, 0.25) is 0 Å². The maximum atomic E-state index is 13.8. The molecule has 6 nitrogen and oxygen atoms in total. The maximum absolute atomic E-state index is 13.8. The molecule has 2 N–H and O–H groups in total. The van der Waals surface area contributed by atoms with E-state index in [1.165, 1.54) is 0 Å². The van der Waals surface area contributed by atoms with Crippen molar-refractivity contribution in [1.82, 2.24) is 5.32 Å². The quantitative estimate of drug-likeness (QED) is 0.328. The molecule has 6 rings (SSSR count). The van der Waals surface area contributed by atoms with E-state index in [-0.39, 0.29) is 12.5 Å². The van der Waals surface area contributed by atoms with E-state index in [0.717, 1.165) is 33.4 Å². The minimum absolute atomic E-state index is 0.0870. The van der Waals surface area contributed by atoms with Crippen molar-refractivity contribution in [2.24, 2.45) is 4.99 Å². The first-order valence-electron chi connectivity index (χ1n) is 13.3. The van der Waals surface area contributed by atoms with Crippen LogP contribution in [-0.2, 0) is 22.5 Å². The van der Waals surface area contributed by atoms with Crippen molar-refractivity contribution in [3.63, 3.8) is 0 Å². The van der Waals surface area contributed by atoms with E-state index in [1.807, 2.05) is 72.8 Å². The van der Waals surface area contributed by atoms with Gasteiger partial charge in [-0.2, -0.15) is 0 Å². The molecule has 4 aromatic rings. The number of aliphatic hydroxyl groups excluding tert-OH is 1. The summed E-state index contributed by atoms with van der Waals surface area (Å²) in [7, 11) is 0. The van der Waals surface area contributed by atoms with Gasteiger partial charge in [0.15, 0.2) is 11.6 Å². The van der Waals surface area contributed by atoms with E-state index in [1.54, 1.807) is 0 Å². The molecule has 2 aliphatic heterocycles. The van der Waals surface area contributed by atoms with Gasteiger partial charge in [-0.25, -0.2) is 4.99 Å². The predicted octanol–water partition coefficient (Wildman–Crippen LogP) is 5.24. The first-order chi connectivity index (χ1) is 19.2. The van der Waals surface area contributed by atoms with Crippen LogP contribution >= 0.6 is 0 Å². The first kappa shape index (κ1) is 24.9. The van der Waals surface area contributed by atoms with E-state index in [4.69, 9.17) is 19.6 Å². The van der Waals surface area contributed by atoms with Gasteiger partial charge in [-0.15, -0.1) is 0 Å². The lowest BCUT2D eigenvalue weighted by Crippen LogP contribution is -2.48. The number of aliphatic imine (C=N–C) groups is 1. The van der Waals surface area contributed by atoms with Gasteiger partial charge in [0.2, 0.25) is 5.90 Å². The number of amides is 1. The minimum atomic E-state index is -1.15. The number of hydrogen-bond acceptors (Lipinski definition) is 5. The van der Waals surface area contributed by atoms with Gasteiger partial charge in [0.05, 0.1) is 6.61 Å². The zero-order valence-electron chi connectivity index (χ0n) is 21.5. The van der Waals surface area contributed by atoms with Gasteiger partial charge in [0, 0.05) is 31.6 Å². The molecular formula is C33H30N2O4. The van der Waals surface area contributed by atoms with Crippen LogP contribution in [0.3, 0.4) is 0 Å². The van der Waals surface area contributed by atoms with Crippen molar-refractivity contribution in [1.29, 1.82) is 0 Å². The largest absolute Gasteiger partial charge is 0.494 e. The standard InChI is InChI=1S/C33H30N2O4/c36-19-6-20-38-29-17-15-26(16-18-29)31-35-33(21-27-9-4-5-10-28(27)22-34-32(33)37)30(39-31)25-13-11-24(12-14-25)23-7-2-1-3-8-23/h1-5,7-18,30,36H,6,19-22H2,(H,34,37)/t30-,33-/m0/s1. The van der Waals surface area contributed by atoms with Crippen LogP contribution in [0.1, 0.15) is 34.8 Å². The molecule has 0 unspecified atom stereocenters. The summed E-state index contributed by atoms with van der Waals surface area (Å²) in [5.74, 6) is 0.994. The number of benzene rings is 4. The lowest BCUT2D eigenvalue weighted by Gasteiger charge is -2.29. The van der Waals surface area contributed by atoms with Crippen LogP contribution in [0, 0.1) is 0 Å². The van der Waals surface area contributed by atoms with Crippen molar-refractivity contribution in [2.75, 3.05) is 13.2 Å². The fourth-order valence-electron chi connectivity index (χ4n) is 5.28. The molecule has 0 aliphatic carbocycles. The molecule has 39 heavy (non-hydrogen) atoms. The normalized spacial score (nSPS) is 20.0. The van der Waals surface area contributed by atoms with E-state index < -0.39 is 11.6 Å². The number of carbonyl (C=O) groups excluding carboxylic acids is 1. The third-order valence-electron chi connectivity index (χ3n) is 7.37. The lowest BCUT2D eigenvalue weighted by molar-refractivity contribution is -0.128. The van der Waals surface area contributed by atoms with Gasteiger partial charge >= 0.3 is 0 Å². The summed E-state index contributed by atoms with van der Waals surface area (Å²) in [6, 6.07) is 34.0. The molecule has 0 aromatic heterocycles. The molecule has 0 fully saturated rings. The second-order valence-corrected chi connectivity index (χ2v) is 9.91. The Hall–Kier alpha value is -4.42. The highest BCUT2D eigenvalue weighted by molar-refractivity contribution is 6.01. The summed E-state index contributed by atoms with van der Waals surface area (Å²) < 4.78 is 12.2. The molecule has 2 heterocycles. The van der Waals surface area contributed by atoms with Crippen molar-refractivity contribution in [2.45, 2.75) is 31.0 Å². The fraction of sp³-hybridized carbons (Fsp3) is 0.212. The number of hydrogen-bond donors (Lipinski definition) is 2. The Labute approximate surface area is 228 Å². The van der Waals surface area contributed by atoms with Crippen LogP contribution in [0.15, 0.2) is 108 Å². The third kappa shape index (κ3) is 4.91. The topological polar surface area (TPSA) is 80.2 Å². The van der Waals surface area contributed by atoms with Gasteiger partial charge in [0.1, 0.15) is 5.75 Å². The number of rotatable bonds is 7. The molecule has 1 amide bonds. The lowest BCUT2D eigenvalue weighted by atomic mass is 9.82. The summed E-state index contributed by atoms with van der Waals surface area (Å²) >= 11 is 0. The first-order valence-corrected chi connectivity index (χ1v) is 13.3. The molecule has 1 spiro atoms. The zero-order chi connectivity index (χ0) is 26.7. The number of aliphatic hydroxyl groups is 1. The molecule has 4 aromatic carbocycles. The van der Waals surface area contributed by atoms with E-state index >= 15 is 0 Å². The van der Waals surface area contributed by atoms with Gasteiger partial charge in [-0.1, -0.05) is 78.9 Å². The number of nitrogens with zero attached hydrogens (tertiary/aromatic N) is 1. The van der Waals surface area contributed by atoms with Gasteiger partial charge in [-0.3, -0.25) is 4.79 Å². The second-order valence-electron chi connectivity index (χ2n) is 9.91. The SMILES string of the molecule is O=C1NCc2ccccc2C[C@@]12N=C(c1ccc(OCCCO)cc1)O[C@H]2c1ccc(-c2ccccc2)cc1. The predicted molar refractivity (Wildman–Crippen MR) is 151 cm³/mol. The highest BCUT2D eigenvalue weighted by Gasteiger charge is 2.54. The van der Waals surface area contributed by atoms with Gasteiger partial charge < -0.3 is 19.9 Å². The van der Waals surface area contributed by atoms with Gasteiger partial charge in [-0.05, 0) is 52.1 Å². The Morgan fingerprint density at radius 3 is 2.26 bits per heavy atom. The fourth-order valence-corrected chi connectivity index (χ4v) is 5.28. The Kier molecular flexibility index (Phi) is 6.86. The number of fused-ring (bicyclic) bond motifs is 1. The van der Waals surface area contributed by atoms with Crippen LogP contribution in [-0.4, -0.2) is 35.7 Å². The van der Waals surface area contributed by atoms with Gasteiger partial charge in [0.25, 0.3) is 5.91 Å². The summed E-state index contributed by atoms with van der Waals surface area (Å²) in [6.45, 7) is 0.988. The third-order valence-corrected chi connectivity index (χ3v) is 7.37. The molecule has 0 bridgehead atoms. The Bertz CT molecular complexity index is 1480. The molecule has 6 heteroatoms. The Balaban J connectivity index is 1.37. The van der Waals surface area contributed by atoms with E-state index in [9.17, 15) is 4.79 Å². The van der Waals surface area contributed by atoms with Crippen molar-refractivity contribution in [3.8, 4) is 16.9 Å². The van der Waals surface area contributed by atoms with Crippen LogP contribution in [0.4, 0.5) is 0 Å². The summed E-state index contributed by atoms with van der Waals surface area (Å²) in [5.41, 5.74) is 4.93. The molecule has 0 saturated carbocycles. The second kappa shape index (κ2) is 10.8. The van der Waals surface area contributed by atoms with Crippen LogP contribution < -0.4 is 10.1 Å². The summed E-state index contributed by atoms with van der Waals surface area (Å²) in [6.07, 6.45) is 0.414. The molecule has 0 radical (unpaired) electrons. The summed E-state index contributed by atoms with van der Waals surface area (Å²) in [4.78, 5) is 18.9. The minimum Gasteiger partial charge on any atom is -0.494 e. The molecule has 2 atom stereocenters. The highest BCUT2D eigenvalue weighted by atomic mass is 16.5. The Morgan fingerprint density at radius 2 is 1.51 bits per heavy atom. The number of ether oxygens (including phenoxy) is 2. The van der Waals surface area contributed by atoms with Crippen molar-refractivity contribution < 1.29 is 19.4 Å². The summed E-state index contributed by atoms with van der Waals surface area (Å²) in [5, 5.41) is 12.1. The van der Waals surface area contributed by atoms with Crippen molar-refractivity contribution >= 4 is 11.8 Å². The zero-order valence-corrected chi connectivity index (χ0v) is 21.5. The number of nitrogens with one attached hydrogen (secondary N) is 1. The molecule has 196 valence electrons.